The van der Waals surface area contributed by atoms with Gasteiger partial charge in [0, 0.05) is 45.2 Å². The monoisotopic (exact) mass is 296 g/mol. The summed E-state index contributed by atoms with van der Waals surface area (Å²) in [6, 6.07) is -0.0283. The van der Waals surface area contributed by atoms with Gasteiger partial charge in [0.2, 0.25) is 0 Å². The Balaban J connectivity index is 1.51. The Morgan fingerprint density at radius 3 is 2.62 bits per heavy atom. The number of carbonyl (C=O) groups excluding carboxylic acids is 2. The van der Waals surface area contributed by atoms with Gasteiger partial charge in [-0.25, -0.2) is 9.59 Å². The minimum absolute atomic E-state index is 0.0390. The van der Waals surface area contributed by atoms with Gasteiger partial charge in [-0.15, -0.1) is 0 Å². The first-order chi connectivity index (χ1) is 9.97. The fourth-order valence-corrected chi connectivity index (χ4v) is 3.16. The van der Waals surface area contributed by atoms with Gasteiger partial charge in [-0.2, -0.15) is 0 Å². The van der Waals surface area contributed by atoms with Crippen molar-refractivity contribution >= 4 is 18.0 Å². The minimum Gasteiger partial charge on any atom is -0.481 e. The third kappa shape index (κ3) is 2.38. The lowest BCUT2D eigenvalue weighted by molar-refractivity contribution is -0.144. The molecule has 0 saturated carbocycles. The molecule has 2 unspecified atom stereocenters. The van der Waals surface area contributed by atoms with Gasteiger partial charge in [-0.1, -0.05) is 6.92 Å². The van der Waals surface area contributed by atoms with Crippen LogP contribution >= 0.6 is 0 Å². The quantitative estimate of drug-likeness (QED) is 0.716. The Hall–Kier alpha value is -1.99. The molecule has 3 heterocycles. The smallest absolute Gasteiger partial charge is 0.320 e. The van der Waals surface area contributed by atoms with Crippen LogP contribution in [0.25, 0.3) is 0 Å². The molecule has 21 heavy (non-hydrogen) atoms. The van der Waals surface area contributed by atoms with Crippen molar-refractivity contribution in [2.75, 3.05) is 39.3 Å². The van der Waals surface area contributed by atoms with E-state index in [1.807, 2.05) is 0 Å². The van der Waals surface area contributed by atoms with Crippen LogP contribution in [-0.4, -0.2) is 83.1 Å². The van der Waals surface area contributed by atoms with Crippen molar-refractivity contribution in [1.82, 2.24) is 20.0 Å². The van der Waals surface area contributed by atoms with E-state index < -0.39 is 11.9 Å². The molecule has 0 aliphatic carbocycles. The van der Waals surface area contributed by atoms with Crippen molar-refractivity contribution in [3.05, 3.63) is 0 Å². The Morgan fingerprint density at radius 2 is 1.95 bits per heavy atom. The lowest BCUT2D eigenvalue weighted by Gasteiger charge is -2.45. The highest BCUT2D eigenvalue weighted by molar-refractivity contribution is 5.79. The van der Waals surface area contributed by atoms with Crippen molar-refractivity contribution in [2.45, 2.75) is 13.0 Å². The first-order valence-corrected chi connectivity index (χ1v) is 7.28. The molecule has 116 valence electrons. The predicted octanol–water partition coefficient (Wildman–Crippen LogP) is -0.532. The summed E-state index contributed by atoms with van der Waals surface area (Å²) in [5.41, 5.74) is 0. The zero-order chi connectivity index (χ0) is 15.1. The number of amides is 4. The maximum Gasteiger partial charge on any atom is 0.320 e. The van der Waals surface area contributed by atoms with Crippen LogP contribution in [0.2, 0.25) is 0 Å². The number of nitrogens with one attached hydrogen (secondary N) is 1. The molecular formula is C13H20N4O4. The fraction of sp³-hybridized carbons (Fsp3) is 0.769. The summed E-state index contributed by atoms with van der Waals surface area (Å²) in [7, 11) is 0. The number of nitrogens with zero attached hydrogens (tertiary/aromatic N) is 3. The summed E-state index contributed by atoms with van der Waals surface area (Å²) in [6.45, 7) is 4.93. The largest absolute Gasteiger partial charge is 0.481 e. The molecule has 4 amide bonds. The molecule has 8 nitrogen and oxygen atoms in total. The highest BCUT2D eigenvalue weighted by Crippen LogP contribution is 2.26. The molecule has 0 radical (unpaired) electrons. The molecule has 0 aromatic carbocycles. The van der Waals surface area contributed by atoms with Gasteiger partial charge in [0.05, 0.1) is 12.0 Å². The average molecular weight is 296 g/mol. The van der Waals surface area contributed by atoms with Gasteiger partial charge in [-0.05, 0) is 0 Å². The molecule has 3 aliphatic heterocycles. The molecule has 3 aliphatic rings. The number of carboxylic acid groups (broad SMARTS) is 1. The van der Waals surface area contributed by atoms with Crippen molar-refractivity contribution < 1.29 is 19.5 Å². The Labute approximate surface area is 122 Å². The van der Waals surface area contributed by atoms with Crippen LogP contribution in [0.1, 0.15) is 6.92 Å². The molecule has 0 spiro atoms. The minimum atomic E-state index is -0.809. The Bertz CT molecular complexity index is 477. The number of urea groups is 2. The van der Waals surface area contributed by atoms with Crippen molar-refractivity contribution in [3.8, 4) is 0 Å². The van der Waals surface area contributed by atoms with E-state index in [1.54, 1.807) is 21.6 Å². The van der Waals surface area contributed by atoms with Gasteiger partial charge < -0.3 is 25.1 Å². The molecule has 0 aromatic heterocycles. The van der Waals surface area contributed by atoms with E-state index in [0.717, 1.165) is 0 Å². The molecular weight excluding hydrogens is 276 g/mol. The molecule has 3 saturated heterocycles. The van der Waals surface area contributed by atoms with Gasteiger partial charge in [0.15, 0.2) is 0 Å². The summed E-state index contributed by atoms with van der Waals surface area (Å²) in [5, 5.41) is 11.7. The van der Waals surface area contributed by atoms with Gasteiger partial charge >= 0.3 is 18.0 Å². The highest BCUT2D eigenvalue weighted by atomic mass is 16.4. The van der Waals surface area contributed by atoms with Gasteiger partial charge in [0.1, 0.15) is 0 Å². The summed E-state index contributed by atoms with van der Waals surface area (Å²) >= 11 is 0. The molecule has 2 N–H and O–H groups in total. The van der Waals surface area contributed by atoms with E-state index in [1.165, 1.54) is 0 Å². The fourth-order valence-electron chi connectivity index (χ4n) is 3.16. The molecule has 2 atom stereocenters. The van der Waals surface area contributed by atoms with Crippen LogP contribution in [0.5, 0.6) is 0 Å². The van der Waals surface area contributed by atoms with Crippen LogP contribution in [0.4, 0.5) is 9.59 Å². The number of hydrogen-bond donors (Lipinski definition) is 2. The summed E-state index contributed by atoms with van der Waals surface area (Å²) in [5.74, 6) is -1.18. The van der Waals surface area contributed by atoms with Crippen LogP contribution in [0.15, 0.2) is 0 Å². The Kier molecular flexibility index (Phi) is 3.38. The molecule has 3 rings (SSSR count). The number of fused-ring (bicyclic) bond motifs is 1. The van der Waals surface area contributed by atoms with E-state index >= 15 is 0 Å². The van der Waals surface area contributed by atoms with E-state index in [9.17, 15) is 14.4 Å². The van der Waals surface area contributed by atoms with Gasteiger partial charge in [0.25, 0.3) is 0 Å². The standard InChI is InChI=1S/C13H20N4O4/c1-8(11(18)19)9-5-16(6-9)13(21)15-2-3-17-10(7-15)4-14-12(17)20/h8-10H,2-7H2,1H3,(H,14,20)(H,18,19). The summed E-state index contributed by atoms with van der Waals surface area (Å²) < 4.78 is 0. The van der Waals surface area contributed by atoms with E-state index in [-0.39, 0.29) is 24.0 Å². The van der Waals surface area contributed by atoms with E-state index in [4.69, 9.17) is 5.11 Å². The second-order valence-electron chi connectivity index (χ2n) is 6.05. The number of carbonyl (C=O) groups is 3. The molecule has 8 heteroatoms. The van der Waals surface area contributed by atoms with Crippen molar-refractivity contribution in [2.24, 2.45) is 11.8 Å². The maximum atomic E-state index is 12.4. The normalized spacial score (nSPS) is 27.0. The van der Waals surface area contributed by atoms with E-state index in [0.29, 0.717) is 39.3 Å². The lowest BCUT2D eigenvalue weighted by atomic mass is 9.87. The first kappa shape index (κ1) is 14.0. The number of aliphatic carboxylic acids is 1. The first-order valence-electron chi connectivity index (χ1n) is 7.28. The average Bonchev–Trinajstić information content (AvgIpc) is 2.77. The molecule has 0 bridgehead atoms. The van der Waals surface area contributed by atoms with Crippen LogP contribution < -0.4 is 5.32 Å². The van der Waals surface area contributed by atoms with E-state index in [2.05, 4.69) is 5.32 Å². The molecule has 3 fully saturated rings. The second-order valence-corrected chi connectivity index (χ2v) is 6.05. The third-order valence-electron chi connectivity index (χ3n) is 4.78. The number of hydrogen-bond acceptors (Lipinski definition) is 3. The third-order valence-corrected chi connectivity index (χ3v) is 4.78. The SMILES string of the molecule is CC(C(=O)O)C1CN(C(=O)N2CCN3C(=O)NCC3C2)C1. The number of likely N-dealkylation sites (tertiary alicyclic amines) is 1. The highest BCUT2D eigenvalue weighted by Gasteiger charge is 2.42. The topological polar surface area (TPSA) is 93.2 Å². The number of carboxylic acids is 1. The second kappa shape index (κ2) is 5.09. The zero-order valence-electron chi connectivity index (χ0n) is 12.0. The summed E-state index contributed by atoms with van der Waals surface area (Å²) in [4.78, 5) is 40.0. The van der Waals surface area contributed by atoms with Crippen LogP contribution in [-0.2, 0) is 4.79 Å². The van der Waals surface area contributed by atoms with Gasteiger partial charge in [-0.3, -0.25) is 4.79 Å². The van der Waals surface area contributed by atoms with Crippen molar-refractivity contribution in [1.29, 1.82) is 0 Å². The number of piperazine rings is 1. The lowest BCUT2D eigenvalue weighted by Crippen LogP contribution is -2.61. The zero-order valence-corrected chi connectivity index (χ0v) is 12.0. The predicted molar refractivity (Wildman–Crippen MR) is 72.7 cm³/mol. The maximum absolute atomic E-state index is 12.4. The van der Waals surface area contributed by atoms with Crippen LogP contribution in [0, 0.1) is 11.8 Å². The summed E-state index contributed by atoms with van der Waals surface area (Å²) in [6.07, 6.45) is 0. The van der Waals surface area contributed by atoms with Crippen molar-refractivity contribution in [3.63, 3.8) is 0 Å². The Morgan fingerprint density at radius 1 is 1.24 bits per heavy atom. The van der Waals surface area contributed by atoms with Crippen LogP contribution in [0.3, 0.4) is 0 Å². The molecule has 0 aromatic rings. The number of rotatable bonds is 2.